The zero-order valence-electron chi connectivity index (χ0n) is 22.4. The molecule has 5 aromatic rings. The molecule has 3 aromatic heterocycles. The lowest BCUT2D eigenvalue weighted by Crippen LogP contribution is -2.05. The van der Waals surface area contributed by atoms with Crippen LogP contribution in [0.2, 0.25) is 0 Å². The number of hydrogen-bond donors (Lipinski definition) is 0. The highest BCUT2D eigenvalue weighted by molar-refractivity contribution is 6.11. The molecule has 3 heteroatoms. The van der Waals surface area contributed by atoms with Crippen molar-refractivity contribution < 1.29 is 4.42 Å². The molecule has 36 heavy (non-hydrogen) atoms. The molecule has 0 spiro atoms. The Morgan fingerprint density at radius 1 is 0.944 bits per heavy atom. The Labute approximate surface area is 214 Å². The Kier molecular flexibility index (Phi) is 5.44. The van der Waals surface area contributed by atoms with E-state index in [2.05, 4.69) is 88.1 Å². The van der Waals surface area contributed by atoms with E-state index < -0.39 is 0 Å². The van der Waals surface area contributed by atoms with E-state index in [9.17, 15) is 0 Å². The Morgan fingerprint density at radius 3 is 2.53 bits per heavy atom. The van der Waals surface area contributed by atoms with Gasteiger partial charge in [-0.05, 0) is 104 Å². The lowest BCUT2D eigenvalue weighted by atomic mass is 9.86. The molecular weight excluding hydrogens is 440 g/mol. The van der Waals surface area contributed by atoms with Crippen LogP contribution in [0, 0.1) is 25.2 Å². The molecular formula is C33H36N2O. The van der Waals surface area contributed by atoms with E-state index in [1.54, 1.807) is 0 Å². The first-order chi connectivity index (χ1) is 17.2. The van der Waals surface area contributed by atoms with Crippen LogP contribution in [0.15, 0.2) is 52.9 Å². The van der Waals surface area contributed by atoms with Crippen molar-refractivity contribution in [2.75, 3.05) is 0 Å². The van der Waals surface area contributed by atoms with Gasteiger partial charge in [0.1, 0.15) is 5.58 Å². The Hall–Kier alpha value is -3.20. The highest BCUT2D eigenvalue weighted by Crippen LogP contribution is 2.48. The molecule has 6 rings (SSSR count). The third-order valence-electron chi connectivity index (χ3n) is 7.96. The van der Waals surface area contributed by atoms with Gasteiger partial charge in [-0.25, -0.2) is 4.98 Å². The van der Waals surface area contributed by atoms with Crippen LogP contribution >= 0.6 is 0 Å². The molecule has 184 valence electrons. The Bertz CT molecular complexity index is 1620. The van der Waals surface area contributed by atoms with E-state index in [-0.39, 0.29) is 0 Å². The number of hydrogen-bond acceptors (Lipinski definition) is 3. The third-order valence-corrected chi connectivity index (χ3v) is 7.96. The van der Waals surface area contributed by atoms with Crippen LogP contribution in [-0.2, 0) is 6.42 Å². The highest BCUT2D eigenvalue weighted by Gasteiger charge is 2.33. The standard InChI is InChI=1S/C33H36N2O/c1-19(2)14-23-17-27-24(22-12-13-33(5,6)18-22)8-7-9-25(27)30(35-23)29-16-20(3)15-28-26-11-10-21(4)34-32(26)36-31(28)29/h7-11,15-17,19,22H,12-14,18H2,1-6H3. The summed E-state index contributed by atoms with van der Waals surface area (Å²) < 4.78 is 6.45. The van der Waals surface area contributed by atoms with E-state index in [1.807, 2.05) is 6.92 Å². The molecule has 0 N–H and O–H groups in total. The van der Waals surface area contributed by atoms with Gasteiger partial charge in [0.25, 0.3) is 0 Å². The van der Waals surface area contributed by atoms with Gasteiger partial charge < -0.3 is 4.42 Å². The number of furan rings is 1. The molecule has 0 bridgehead atoms. The van der Waals surface area contributed by atoms with Gasteiger partial charge in [0.05, 0.1) is 5.69 Å². The van der Waals surface area contributed by atoms with E-state index in [0.717, 1.165) is 45.4 Å². The quantitative estimate of drug-likeness (QED) is 0.259. The van der Waals surface area contributed by atoms with Gasteiger partial charge in [0.2, 0.25) is 5.71 Å². The maximum Gasteiger partial charge on any atom is 0.227 e. The summed E-state index contributed by atoms with van der Waals surface area (Å²) in [5.41, 5.74) is 8.92. The van der Waals surface area contributed by atoms with Gasteiger partial charge in [0.15, 0.2) is 0 Å². The van der Waals surface area contributed by atoms with E-state index in [4.69, 9.17) is 9.40 Å². The van der Waals surface area contributed by atoms with Crippen molar-refractivity contribution in [3.63, 3.8) is 0 Å². The molecule has 0 saturated heterocycles. The summed E-state index contributed by atoms with van der Waals surface area (Å²) in [6, 6.07) is 17.9. The molecule has 3 heterocycles. The molecule has 1 aliphatic rings. The lowest BCUT2D eigenvalue weighted by Gasteiger charge is -2.20. The highest BCUT2D eigenvalue weighted by atomic mass is 16.3. The van der Waals surface area contributed by atoms with Gasteiger partial charge in [-0.1, -0.05) is 45.9 Å². The van der Waals surface area contributed by atoms with Crippen LogP contribution in [0.25, 0.3) is 44.1 Å². The second-order valence-corrected chi connectivity index (χ2v) is 12.2. The molecule has 1 fully saturated rings. The largest absolute Gasteiger partial charge is 0.437 e. The number of aryl methyl sites for hydroxylation is 2. The van der Waals surface area contributed by atoms with Crippen LogP contribution in [0.5, 0.6) is 0 Å². The molecule has 0 amide bonds. The summed E-state index contributed by atoms with van der Waals surface area (Å²) >= 11 is 0. The fourth-order valence-electron chi connectivity index (χ4n) is 6.31. The van der Waals surface area contributed by atoms with Crippen molar-refractivity contribution in [3.8, 4) is 11.3 Å². The van der Waals surface area contributed by atoms with E-state index in [0.29, 0.717) is 23.0 Å². The first-order valence-corrected chi connectivity index (χ1v) is 13.4. The van der Waals surface area contributed by atoms with Crippen molar-refractivity contribution in [1.82, 2.24) is 9.97 Å². The first kappa shape index (κ1) is 23.2. The van der Waals surface area contributed by atoms with Crippen LogP contribution in [0.3, 0.4) is 0 Å². The number of nitrogens with zero attached hydrogens (tertiary/aromatic N) is 2. The summed E-state index contributed by atoms with van der Waals surface area (Å²) in [5.74, 6) is 1.14. The molecule has 1 aliphatic carbocycles. The van der Waals surface area contributed by atoms with Gasteiger partial charge in [0, 0.05) is 33.1 Å². The second-order valence-electron chi connectivity index (χ2n) is 12.2. The van der Waals surface area contributed by atoms with Gasteiger partial charge in [-0.15, -0.1) is 0 Å². The van der Waals surface area contributed by atoms with Gasteiger partial charge >= 0.3 is 0 Å². The summed E-state index contributed by atoms with van der Waals surface area (Å²) in [4.78, 5) is 10.00. The van der Waals surface area contributed by atoms with Crippen molar-refractivity contribution in [2.45, 2.75) is 73.1 Å². The normalized spacial score (nSPS) is 17.7. The maximum absolute atomic E-state index is 6.45. The third kappa shape index (κ3) is 3.99. The maximum atomic E-state index is 6.45. The van der Waals surface area contributed by atoms with Crippen LogP contribution in [0.1, 0.15) is 75.4 Å². The van der Waals surface area contributed by atoms with Crippen LogP contribution in [-0.4, -0.2) is 9.97 Å². The summed E-state index contributed by atoms with van der Waals surface area (Å²) in [5, 5.41) is 4.77. The minimum atomic E-state index is 0.408. The first-order valence-electron chi connectivity index (χ1n) is 13.4. The van der Waals surface area contributed by atoms with Gasteiger partial charge in [-0.2, -0.15) is 0 Å². The number of benzene rings is 2. The van der Waals surface area contributed by atoms with Crippen molar-refractivity contribution in [2.24, 2.45) is 11.3 Å². The number of aromatic nitrogens is 2. The van der Waals surface area contributed by atoms with E-state index in [1.165, 1.54) is 41.2 Å². The average Bonchev–Trinajstić information content (AvgIpc) is 3.36. The summed E-state index contributed by atoms with van der Waals surface area (Å²) in [6.07, 6.45) is 4.75. The van der Waals surface area contributed by atoms with Crippen molar-refractivity contribution in [1.29, 1.82) is 0 Å². The molecule has 1 atom stereocenters. The minimum absolute atomic E-state index is 0.408. The SMILES string of the molecule is Cc1cc(-c2nc(CC(C)C)cc3c(C4CCC(C)(C)C4)cccc23)c2oc3nc(C)ccc3c2c1. The fourth-order valence-corrected chi connectivity index (χ4v) is 6.31. The topological polar surface area (TPSA) is 38.9 Å². The summed E-state index contributed by atoms with van der Waals surface area (Å²) in [6.45, 7) is 13.5. The number of rotatable bonds is 4. The monoisotopic (exact) mass is 476 g/mol. The Balaban J connectivity index is 1.65. The Morgan fingerprint density at radius 2 is 1.78 bits per heavy atom. The smallest absolute Gasteiger partial charge is 0.227 e. The van der Waals surface area contributed by atoms with Crippen LogP contribution < -0.4 is 0 Å². The molecule has 0 aliphatic heterocycles. The lowest BCUT2D eigenvalue weighted by molar-refractivity contribution is 0.376. The predicted octanol–water partition coefficient (Wildman–Crippen LogP) is 9.31. The van der Waals surface area contributed by atoms with Crippen LogP contribution in [0.4, 0.5) is 0 Å². The fraction of sp³-hybridized carbons (Fsp3) is 0.394. The molecule has 3 nitrogen and oxygen atoms in total. The number of fused-ring (bicyclic) bond motifs is 4. The zero-order valence-corrected chi connectivity index (χ0v) is 22.4. The van der Waals surface area contributed by atoms with Crippen molar-refractivity contribution >= 4 is 32.8 Å². The molecule has 2 aromatic carbocycles. The predicted molar refractivity (Wildman–Crippen MR) is 151 cm³/mol. The second kappa shape index (κ2) is 8.44. The molecule has 0 radical (unpaired) electrons. The zero-order chi connectivity index (χ0) is 25.2. The minimum Gasteiger partial charge on any atom is -0.437 e. The van der Waals surface area contributed by atoms with Gasteiger partial charge in [-0.3, -0.25) is 4.98 Å². The van der Waals surface area contributed by atoms with Crippen molar-refractivity contribution in [3.05, 3.63) is 71.0 Å². The summed E-state index contributed by atoms with van der Waals surface area (Å²) in [7, 11) is 0. The average molecular weight is 477 g/mol. The number of pyridine rings is 2. The molecule has 1 unspecified atom stereocenters. The molecule has 1 saturated carbocycles. The van der Waals surface area contributed by atoms with E-state index >= 15 is 0 Å².